The van der Waals surface area contributed by atoms with Crippen LogP contribution in [0.2, 0.25) is 0 Å². The molecule has 3 aromatic carbocycles. The summed E-state index contributed by atoms with van der Waals surface area (Å²) in [4.78, 5) is 8.47. The number of para-hydroxylation sites is 2. The lowest BCUT2D eigenvalue weighted by atomic mass is 10.00. The molecule has 0 fully saturated rings. The molecule has 0 saturated heterocycles. The highest BCUT2D eigenvalue weighted by molar-refractivity contribution is 7.92. The SMILES string of the molecule is Cc1ccccc1Oc1cccc(S(=O)(=O)N2CC(n3ncc4c(N)nc(N)nc43)Cc3ccccc32)c1. The van der Waals surface area contributed by atoms with Crippen LogP contribution in [0.1, 0.15) is 17.2 Å². The molecule has 2 aromatic heterocycles. The molecule has 6 rings (SSSR count). The number of nitrogens with zero attached hydrogens (tertiary/aromatic N) is 5. The van der Waals surface area contributed by atoms with Crippen molar-refractivity contribution in [1.29, 1.82) is 0 Å². The lowest BCUT2D eigenvalue weighted by Gasteiger charge is -2.35. The number of aryl methyl sites for hydroxylation is 1. The molecule has 0 aliphatic carbocycles. The maximum Gasteiger partial charge on any atom is 0.264 e. The van der Waals surface area contributed by atoms with Gasteiger partial charge in [-0.05, 0) is 48.7 Å². The number of fused-ring (bicyclic) bond motifs is 2. The Bertz CT molecular complexity index is 1790. The van der Waals surface area contributed by atoms with E-state index in [-0.39, 0.29) is 29.2 Å². The molecular weight excluding hydrogens is 502 g/mol. The first kappa shape index (κ1) is 23.7. The van der Waals surface area contributed by atoms with Gasteiger partial charge in [0.15, 0.2) is 5.65 Å². The van der Waals surface area contributed by atoms with E-state index in [4.69, 9.17) is 16.2 Å². The third-order valence-electron chi connectivity index (χ3n) is 6.65. The molecule has 3 heterocycles. The molecule has 1 aliphatic rings. The second kappa shape index (κ2) is 9.03. The second-order valence-electron chi connectivity index (χ2n) is 9.16. The molecule has 1 atom stereocenters. The van der Waals surface area contributed by atoms with Gasteiger partial charge in [-0.1, -0.05) is 42.5 Å². The number of anilines is 3. The fourth-order valence-corrected chi connectivity index (χ4v) is 6.36. The van der Waals surface area contributed by atoms with E-state index >= 15 is 0 Å². The third-order valence-corrected chi connectivity index (χ3v) is 8.43. The molecule has 0 amide bonds. The van der Waals surface area contributed by atoms with Crippen LogP contribution in [-0.4, -0.2) is 34.7 Å². The van der Waals surface area contributed by atoms with Gasteiger partial charge in [-0.15, -0.1) is 0 Å². The summed E-state index contributed by atoms with van der Waals surface area (Å²) < 4.78 is 37.3. The molecule has 11 heteroatoms. The van der Waals surface area contributed by atoms with Crippen LogP contribution in [0.25, 0.3) is 11.0 Å². The summed E-state index contributed by atoms with van der Waals surface area (Å²) in [5, 5.41) is 5.05. The summed E-state index contributed by atoms with van der Waals surface area (Å²) >= 11 is 0. The second-order valence-corrected chi connectivity index (χ2v) is 11.0. The van der Waals surface area contributed by atoms with E-state index in [1.165, 1.54) is 4.31 Å². The molecule has 0 spiro atoms. The van der Waals surface area contributed by atoms with Crippen molar-refractivity contribution in [2.45, 2.75) is 24.3 Å². The summed E-state index contributed by atoms with van der Waals surface area (Å²) in [6, 6.07) is 21.2. The Balaban J connectivity index is 1.40. The topological polar surface area (TPSA) is 142 Å². The number of aromatic nitrogens is 4. The molecule has 0 bridgehead atoms. The van der Waals surface area contributed by atoms with Crippen LogP contribution >= 0.6 is 0 Å². The highest BCUT2D eigenvalue weighted by Crippen LogP contribution is 2.37. The standard InChI is InChI=1S/C27H25N7O3S/c1-17-7-2-5-12-24(17)37-20-9-6-10-21(14-20)38(35,36)33-16-19(13-18-8-3-4-11-23(18)33)34-26-22(15-30-34)25(28)31-27(29)32-26/h2-12,14-15,19H,13,16H2,1H3,(H4,28,29,31,32). The fourth-order valence-electron chi connectivity index (χ4n) is 4.78. The summed E-state index contributed by atoms with van der Waals surface area (Å²) in [6.07, 6.45) is 2.13. The molecule has 10 nitrogen and oxygen atoms in total. The fraction of sp³-hybridized carbons (Fsp3) is 0.148. The van der Waals surface area contributed by atoms with E-state index < -0.39 is 10.0 Å². The Kier molecular flexibility index (Phi) is 5.64. The zero-order valence-corrected chi connectivity index (χ0v) is 21.3. The van der Waals surface area contributed by atoms with Gasteiger partial charge in [-0.25, -0.2) is 13.1 Å². The first-order chi connectivity index (χ1) is 18.3. The largest absolute Gasteiger partial charge is 0.457 e. The van der Waals surface area contributed by atoms with Gasteiger partial charge in [0, 0.05) is 6.07 Å². The van der Waals surface area contributed by atoms with Gasteiger partial charge in [0.25, 0.3) is 10.0 Å². The number of nitrogens with two attached hydrogens (primary N) is 2. The average Bonchev–Trinajstić information content (AvgIpc) is 3.34. The number of hydrogen-bond donors (Lipinski definition) is 2. The van der Waals surface area contributed by atoms with Crippen molar-refractivity contribution in [3.63, 3.8) is 0 Å². The maximum atomic E-state index is 14.1. The molecule has 0 saturated carbocycles. The highest BCUT2D eigenvalue weighted by atomic mass is 32.2. The zero-order valence-electron chi connectivity index (χ0n) is 20.5. The van der Waals surface area contributed by atoms with Crippen molar-refractivity contribution in [1.82, 2.24) is 19.7 Å². The number of sulfonamides is 1. The van der Waals surface area contributed by atoms with E-state index in [9.17, 15) is 8.42 Å². The molecule has 38 heavy (non-hydrogen) atoms. The van der Waals surface area contributed by atoms with E-state index in [2.05, 4.69) is 15.1 Å². The van der Waals surface area contributed by atoms with Gasteiger partial charge < -0.3 is 16.2 Å². The normalized spacial score (nSPS) is 15.4. The van der Waals surface area contributed by atoms with Crippen molar-refractivity contribution in [3.8, 4) is 11.5 Å². The number of hydrogen-bond acceptors (Lipinski definition) is 8. The lowest BCUT2D eigenvalue weighted by Crippen LogP contribution is -2.41. The van der Waals surface area contributed by atoms with Crippen molar-refractivity contribution < 1.29 is 13.2 Å². The van der Waals surface area contributed by atoms with Crippen LogP contribution in [0, 0.1) is 6.92 Å². The number of ether oxygens (including phenoxy) is 1. The predicted octanol–water partition coefficient (Wildman–Crippen LogP) is 4.08. The van der Waals surface area contributed by atoms with Crippen LogP contribution < -0.4 is 20.5 Å². The van der Waals surface area contributed by atoms with E-state index in [1.54, 1.807) is 35.1 Å². The monoisotopic (exact) mass is 527 g/mol. The Labute approximate surface area is 219 Å². The van der Waals surface area contributed by atoms with Gasteiger partial charge >= 0.3 is 0 Å². The molecule has 4 N–H and O–H groups in total. The molecule has 1 aliphatic heterocycles. The van der Waals surface area contributed by atoms with Crippen molar-refractivity contribution in [2.75, 3.05) is 22.3 Å². The summed E-state index contributed by atoms with van der Waals surface area (Å²) in [5.74, 6) is 1.35. The van der Waals surface area contributed by atoms with E-state index in [0.717, 1.165) is 11.1 Å². The van der Waals surface area contributed by atoms with Gasteiger partial charge in [0.05, 0.1) is 34.8 Å². The number of rotatable bonds is 5. The molecule has 1 unspecified atom stereocenters. The quantitative estimate of drug-likeness (QED) is 0.348. The van der Waals surface area contributed by atoms with Gasteiger partial charge in [-0.2, -0.15) is 15.1 Å². The molecule has 192 valence electrons. The molecule has 0 radical (unpaired) electrons. The molecule has 5 aromatic rings. The summed E-state index contributed by atoms with van der Waals surface area (Å²) in [7, 11) is -3.96. The zero-order chi connectivity index (χ0) is 26.4. The van der Waals surface area contributed by atoms with E-state index in [1.807, 2.05) is 55.5 Å². The van der Waals surface area contributed by atoms with Crippen LogP contribution in [0.4, 0.5) is 17.5 Å². The minimum Gasteiger partial charge on any atom is -0.457 e. The Hall–Kier alpha value is -4.64. The van der Waals surface area contributed by atoms with Crippen molar-refractivity contribution >= 4 is 38.5 Å². The van der Waals surface area contributed by atoms with Crippen molar-refractivity contribution in [2.24, 2.45) is 0 Å². The van der Waals surface area contributed by atoms with Gasteiger partial charge in [0.1, 0.15) is 17.3 Å². The van der Waals surface area contributed by atoms with Gasteiger partial charge in [0.2, 0.25) is 5.95 Å². The number of benzene rings is 3. The van der Waals surface area contributed by atoms with Crippen LogP contribution in [0.3, 0.4) is 0 Å². The maximum absolute atomic E-state index is 14.1. The minimum absolute atomic E-state index is 0.0305. The van der Waals surface area contributed by atoms with Crippen LogP contribution in [0.5, 0.6) is 11.5 Å². The average molecular weight is 528 g/mol. The van der Waals surface area contributed by atoms with E-state index in [0.29, 0.717) is 34.6 Å². The van der Waals surface area contributed by atoms with Gasteiger partial charge in [-0.3, -0.25) is 4.31 Å². The smallest absolute Gasteiger partial charge is 0.264 e. The Morgan fingerprint density at radius 3 is 2.61 bits per heavy atom. The lowest BCUT2D eigenvalue weighted by molar-refractivity contribution is 0.455. The highest BCUT2D eigenvalue weighted by Gasteiger charge is 2.35. The Morgan fingerprint density at radius 2 is 1.76 bits per heavy atom. The summed E-state index contributed by atoms with van der Waals surface area (Å²) in [5.41, 5.74) is 14.8. The van der Waals surface area contributed by atoms with Crippen molar-refractivity contribution in [3.05, 3.63) is 90.1 Å². The Morgan fingerprint density at radius 1 is 0.974 bits per heavy atom. The first-order valence-corrected chi connectivity index (χ1v) is 13.5. The minimum atomic E-state index is -3.96. The molecular formula is C27H25N7O3S. The third kappa shape index (κ3) is 4.06. The predicted molar refractivity (Wildman–Crippen MR) is 146 cm³/mol. The first-order valence-electron chi connectivity index (χ1n) is 12.0. The van der Waals surface area contributed by atoms with Crippen LogP contribution in [0.15, 0.2) is 83.9 Å². The number of nitrogen functional groups attached to an aromatic ring is 2. The summed E-state index contributed by atoms with van der Waals surface area (Å²) in [6.45, 7) is 2.08. The van der Waals surface area contributed by atoms with Crippen LogP contribution in [-0.2, 0) is 16.4 Å².